The Morgan fingerprint density at radius 1 is 1.35 bits per heavy atom. The zero-order valence-electron chi connectivity index (χ0n) is 11.9. The summed E-state index contributed by atoms with van der Waals surface area (Å²) in [5.41, 5.74) is 3.45. The summed E-state index contributed by atoms with van der Waals surface area (Å²) in [5.74, 6) is -0.274. The number of nitrogens with one attached hydrogen (secondary N) is 2. The van der Waals surface area contributed by atoms with Gasteiger partial charge in [0, 0.05) is 5.56 Å². The maximum absolute atomic E-state index is 12.4. The second-order valence-electron chi connectivity index (χ2n) is 5.02. The van der Waals surface area contributed by atoms with E-state index in [0.29, 0.717) is 28.2 Å². The van der Waals surface area contributed by atoms with Gasteiger partial charge < -0.3 is 19.2 Å². The normalized spacial score (nSPS) is 11.2. The fraction of sp³-hybridized carbons (Fsp3) is 0.0667. The van der Waals surface area contributed by atoms with E-state index in [4.69, 9.17) is 21.2 Å². The number of anilines is 1. The molecule has 0 aliphatic carbocycles. The van der Waals surface area contributed by atoms with E-state index in [-0.39, 0.29) is 10.7 Å². The maximum atomic E-state index is 12.4. The molecule has 1 aromatic carbocycles. The van der Waals surface area contributed by atoms with Crippen molar-refractivity contribution in [2.45, 2.75) is 6.92 Å². The summed E-state index contributed by atoms with van der Waals surface area (Å²) < 4.78 is 10.4. The van der Waals surface area contributed by atoms with Gasteiger partial charge in [0.15, 0.2) is 5.58 Å². The molecule has 0 spiro atoms. The molecule has 4 rings (SSSR count). The molecular formula is C15H10N4O3S. The molecule has 3 aromatic heterocycles. The number of carbonyl (C=O) groups excluding carboxylic acids is 1. The summed E-state index contributed by atoms with van der Waals surface area (Å²) in [6.07, 6.45) is 1.52. The third-order valence-corrected chi connectivity index (χ3v) is 3.64. The Morgan fingerprint density at radius 3 is 3.09 bits per heavy atom. The number of oxazole rings is 1. The van der Waals surface area contributed by atoms with Gasteiger partial charge in [0.25, 0.3) is 16.5 Å². The lowest BCUT2D eigenvalue weighted by atomic mass is 10.2. The molecule has 0 radical (unpaired) electrons. The van der Waals surface area contributed by atoms with Crippen LogP contribution in [0.4, 0.5) is 5.69 Å². The number of pyridine rings is 1. The lowest BCUT2D eigenvalue weighted by Crippen LogP contribution is -2.11. The van der Waals surface area contributed by atoms with Gasteiger partial charge in [-0.1, -0.05) is 5.16 Å². The number of H-pyrrole nitrogens is 1. The molecule has 7 nitrogen and oxygen atoms in total. The quantitative estimate of drug-likeness (QED) is 0.546. The van der Waals surface area contributed by atoms with Gasteiger partial charge in [-0.25, -0.2) is 4.98 Å². The first-order chi connectivity index (χ1) is 11.1. The van der Waals surface area contributed by atoms with Crippen LogP contribution in [0.15, 0.2) is 39.4 Å². The number of rotatable bonds is 2. The second-order valence-corrected chi connectivity index (χ2v) is 5.40. The van der Waals surface area contributed by atoms with Crippen molar-refractivity contribution < 1.29 is 13.7 Å². The second kappa shape index (κ2) is 5.03. The van der Waals surface area contributed by atoms with Crippen LogP contribution in [0.25, 0.3) is 22.2 Å². The molecule has 0 saturated heterocycles. The van der Waals surface area contributed by atoms with Gasteiger partial charge in [-0.2, -0.15) is 0 Å². The van der Waals surface area contributed by atoms with E-state index in [1.807, 2.05) is 6.92 Å². The molecule has 0 unspecified atom stereocenters. The van der Waals surface area contributed by atoms with E-state index in [1.165, 1.54) is 6.20 Å². The van der Waals surface area contributed by atoms with Gasteiger partial charge in [0.1, 0.15) is 0 Å². The summed E-state index contributed by atoms with van der Waals surface area (Å²) in [5, 5.41) is 7.38. The highest BCUT2D eigenvalue weighted by atomic mass is 32.1. The van der Waals surface area contributed by atoms with Crippen LogP contribution < -0.4 is 5.32 Å². The van der Waals surface area contributed by atoms with Crippen molar-refractivity contribution in [1.29, 1.82) is 0 Å². The average Bonchev–Trinajstić information content (AvgIpc) is 3.08. The average molecular weight is 326 g/mol. The lowest BCUT2D eigenvalue weighted by Gasteiger charge is -2.04. The van der Waals surface area contributed by atoms with Crippen molar-refractivity contribution in [3.8, 4) is 0 Å². The summed E-state index contributed by atoms with van der Waals surface area (Å²) in [7, 11) is 0. The number of carbonyl (C=O) groups is 1. The van der Waals surface area contributed by atoms with E-state index >= 15 is 0 Å². The zero-order valence-corrected chi connectivity index (χ0v) is 12.7. The summed E-state index contributed by atoms with van der Waals surface area (Å²) in [6, 6.07) is 6.84. The smallest absolute Gasteiger partial charge is 0.266 e. The Bertz CT molecular complexity index is 1110. The number of benzene rings is 1. The zero-order chi connectivity index (χ0) is 16.0. The van der Waals surface area contributed by atoms with Crippen LogP contribution in [-0.4, -0.2) is 21.0 Å². The molecule has 0 fully saturated rings. The number of amides is 1. The number of hydrogen-bond acceptors (Lipinski definition) is 6. The van der Waals surface area contributed by atoms with Crippen LogP contribution in [0, 0.1) is 11.8 Å². The third kappa shape index (κ3) is 2.38. The predicted molar refractivity (Wildman–Crippen MR) is 85.9 cm³/mol. The first kappa shape index (κ1) is 13.6. The predicted octanol–water partition coefficient (Wildman–Crippen LogP) is 3.59. The minimum atomic E-state index is -0.274. The molecule has 114 valence electrons. The third-order valence-electron chi connectivity index (χ3n) is 3.45. The fourth-order valence-corrected chi connectivity index (χ4v) is 2.50. The summed E-state index contributed by atoms with van der Waals surface area (Å²) in [4.78, 5) is 19.6. The van der Waals surface area contributed by atoms with Gasteiger partial charge in [0.05, 0.1) is 28.5 Å². The first-order valence-corrected chi connectivity index (χ1v) is 7.17. The van der Waals surface area contributed by atoms with Crippen molar-refractivity contribution in [3.63, 3.8) is 0 Å². The van der Waals surface area contributed by atoms with Gasteiger partial charge in [-0.05, 0) is 43.4 Å². The van der Waals surface area contributed by atoms with Gasteiger partial charge in [-0.15, -0.1) is 0 Å². The van der Waals surface area contributed by atoms with Gasteiger partial charge >= 0.3 is 0 Å². The van der Waals surface area contributed by atoms with E-state index in [0.717, 1.165) is 10.9 Å². The van der Waals surface area contributed by atoms with E-state index < -0.39 is 0 Å². The highest BCUT2D eigenvalue weighted by Gasteiger charge is 2.11. The number of hydrogen-bond donors (Lipinski definition) is 2. The van der Waals surface area contributed by atoms with Crippen LogP contribution >= 0.6 is 12.2 Å². The fourth-order valence-electron chi connectivity index (χ4n) is 2.30. The van der Waals surface area contributed by atoms with Crippen LogP contribution in [0.2, 0.25) is 0 Å². The van der Waals surface area contributed by atoms with Crippen molar-refractivity contribution in [1.82, 2.24) is 15.1 Å². The maximum Gasteiger partial charge on any atom is 0.266 e. The Morgan fingerprint density at radius 2 is 2.22 bits per heavy atom. The molecule has 4 aromatic rings. The number of aryl methyl sites for hydroxylation is 1. The first-order valence-electron chi connectivity index (χ1n) is 6.76. The minimum Gasteiger partial charge on any atom is -0.429 e. The number of nitrogens with zero attached hydrogens (tertiary/aromatic N) is 2. The summed E-state index contributed by atoms with van der Waals surface area (Å²) >= 11 is 4.93. The van der Waals surface area contributed by atoms with E-state index in [2.05, 4.69) is 20.4 Å². The molecule has 3 heterocycles. The van der Waals surface area contributed by atoms with E-state index in [1.54, 1.807) is 24.3 Å². The van der Waals surface area contributed by atoms with Crippen molar-refractivity contribution >= 4 is 46.0 Å². The number of aromatic nitrogens is 3. The molecule has 0 bridgehead atoms. The molecule has 0 atom stereocenters. The molecule has 2 N–H and O–H groups in total. The van der Waals surface area contributed by atoms with Crippen LogP contribution in [-0.2, 0) is 0 Å². The Hall–Kier alpha value is -3.00. The van der Waals surface area contributed by atoms with Crippen molar-refractivity contribution in [2.24, 2.45) is 0 Å². The number of fused-ring (bicyclic) bond motifs is 2. The molecule has 0 aliphatic heterocycles. The van der Waals surface area contributed by atoms with Crippen LogP contribution in [0.1, 0.15) is 16.1 Å². The molecule has 23 heavy (non-hydrogen) atoms. The standard InChI is InChI=1S/C15H10N4O3S/c1-7-10-5-9(6-16-14(10)22-19-7)17-13(20)8-2-3-11-12(4-8)21-15(23)18-11/h2-6H,1H3,(H,17,20)(H,18,23). The molecule has 0 saturated carbocycles. The SMILES string of the molecule is Cc1noc2ncc(NC(=O)c3ccc4[nH]c(=S)oc4c3)cc12. The van der Waals surface area contributed by atoms with Crippen LogP contribution in [0.5, 0.6) is 0 Å². The Kier molecular flexibility index (Phi) is 2.98. The minimum absolute atomic E-state index is 0.273. The lowest BCUT2D eigenvalue weighted by molar-refractivity contribution is 0.102. The molecule has 0 aliphatic rings. The van der Waals surface area contributed by atoms with Crippen molar-refractivity contribution in [3.05, 3.63) is 46.6 Å². The van der Waals surface area contributed by atoms with Crippen LogP contribution in [0.3, 0.4) is 0 Å². The summed E-state index contributed by atoms with van der Waals surface area (Å²) in [6.45, 7) is 1.81. The molecule has 8 heteroatoms. The molecular weight excluding hydrogens is 316 g/mol. The van der Waals surface area contributed by atoms with Crippen molar-refractivity contribution in [2.75, 3.05) is 5.32 Å². The van der Waals surface area contributed by atoms with Gasteiger partial charge in [0.2, 0.25) is 0 Å². The Labute approximate surface area is 134 Å². The Balaban J connectivity index is 1.66. The molecule has 1 amide bonds. The van der Waals surface area contributed by atoms with E-state index in [9.17, 15) is 4.79 Å². The topological polar surface area (TPSA) is 97.0 Å². The largest absolute Gasteiger partial charge is 0.429 e. The monoisotopic (exact) mass is 326 g/mol. The highest BCUT2D eigenvalue weighted by Crippen LogP contribution is 2.21. The number of aromatic amines is 1. The van der Waals surface area contributed by atoms with Gasteiger partial charge in [-0.3, -0.25) is 4.79 Å². The highest BCUT2D eigenvalue weighted by molar-refractivity contribution is 7.71.